The van der Waals surface area contributed by atoms with Crippen molar-refractivity contribution in [2.75, 3.05) is 26.2 Å². The van der Waals surface area contributed by atoms with Crippen LogP contribution in [0.2, 0.25) is 0 Å². The second-order valence-electron chi connectivity index (χ2n) is 8.37. The number of ether oxygens (including phenoxy) is 2. The first kappa shape index (κ1) is 25.2. The summed E-state index contributed by atoms with van der Waals surface area (Å²) in [5, 5.41) is 0. The van der Waals surface area contributed by atoms with Crippen LogP contribution in [0.25, 0.3) is 0 Å². The molecule has 2 atom stereocenters. The summed E-state index contributed by atoms with van der Waals surface area (Å²) in [5.74, 6) is -1.54. The molecule has 3 rings (SSSR count). The Morgan fingerprint density at radius 1 is 1.00 bits per heavy atom. The summed E-state index contributed by atoms with van der Waals surface area (Å²) in [6, 6.07) is 7.03. The SMILES string of the molecule is CCOC(=O)C1CCN(C(=O)[C@@H](C)OC(=O)[C@H]2CCCCN2S(=O)(=O)c2ccccc2)CC1. The van der Waals surface area contributed by atoms with Crippen molar-refractivity contribution in [1.29, 1.82) is 0 Å². The van der Waals surface area contributed by atoms with Gasteiger partial charge in [0.1, 0.15) is 6.04 Å². The van der Waals surface area contributed by atoms with E-state index in [4.69, 9.17) is 9.47 Å². The molecular formula is C23H32N2O7S. The minimum absolute atomic E-state index is 0.123. The number of amides is 1. The molecular weight excluding hydrogens is 448 g/mol. The van der Waals surface area contributed by atoms with Crippen LogP contribution in [0, 0.1) is 5.92 Å². The number of likely N-dealkylation sites (tertiary alicyclic amines) is 1. The molecule has 2 saturated heterocycles. The molecule has 1 aromatic carbocycles. The average molecular weight is 481 g/mol. The van der Waals surface area contributed by atoms with E-state index in [1.807, 2.05) is 0 Å². The molecule has 9 nitrogen and oxygen atoms in total. The van der Waals surface area contributed by atoms with Crippen molar-refractivity contribution in [3.8, 4) is 0 Å². The van der Waals surface area contributed by atoms with Crippen molar-refractivity contribution in [2.45, 2.75) is 63.0 Å². The lowest BCUT2D eigenvalue weighted by molar-refractivity contribution is -0.164. The van der Waals surface area contributed by atoms with Crippen LogP contribution in [-0.4, -0.2) is 73.9 Å². The molecule has 0 aromatic heterocycles. The molecule has 1 aromatic rings. The fourth-order valence-corrected chi connectivity index (χ4v) is 5.98. The first-order valence-corrected chi connectivity index (χ1v) is 12.9. The topological polar surface area (TPSA) is 110 Å². The maximum atomic E-state index is 13.1. The highest BCUT2D eigenvalue weighted by Crippen LogP contribution is 2.27. The van der Waals surface area contributed by atoms with Crippen LogP contribution in [0.4, 0.5) is 0 Å². The summed E-state index contributed by atoms with van der Waals surface area (Å²) < 4.78 is 37.9. The number of sulfonamides is 1. The Kier molecular flexibility index (Phi) is 8.47. The monoisotopic (exact) mass is 480 g/mol. The van der Waals surface area contributed by atoms with Gasteiger partial charge in [-0.3, -0.25) is 14.4 Å². The van der Waals surface area contributed by atoms with Crippen molar-refractivity contribution >= 4 is 27.9 Å². The van der Waals surface area contributed by atoms with E-state index >= 15 is 0 Å². The second-order valence-corrected chi connectivity index (χ2v) is 10.3. The van der Waals surface area contributed by atoms with Gasteiger partial charge in [-0.2, -0.15) is 4.31 Å². The fraction of sp³-hybridized carbons (Fsp3) is 0.609. The highest BCUT2D eigenvalue weighted by molar-refractivity contribution is 7.89. The molecule has 182 valence electrons. The number of benzene rings is 1. The van der Waals surface area contributed by atoms with Gasteiger partial charge < -0.3 is 14.4 Å². The molecule has 0 N–H and O–H groups in total. The Morgan fingerprint density at radius 2 is 1.67 bits per heavy atom. The van der Waals surface area contributed by atoms with Crippen LogP contribution >= 0.6 is 0 Å². The third kappa shape index (κ3) is 5.92. The molecule has 2 fully saturated rings. The van der Waals surface area contributed by atoms with Crippen molar-refractivity contribution in [3.63, 3.8) is 0 Å². The Bertz CT molecular complexity index is 943. The van der Waals surface area contributed by atoms with Gasteiger partial charge in [-0.25, -0.2) is 8.42 Å². The average Bonchev–Trinajstić information content (AvgIpc) is 2.84. The molecule has 33 heavy (non-hydrogen) atoms. The standard InChI is InChI=1S/C23H32N2O7S/c1-3-31-22(27)18-12-15-24(16-13-18)21(26)17(2)32-23(28)20-11-7-8-14-25(20)33(29,30)19-9-5-4-6-10-19/h4-6,9-10,17-18,20H,3,7-8,11-16H2,1-2H3/t17-,20-/m1/s1. The largest absolute Gasteiger partial charge is 0.466 e. The smallest absolute Gasteiger partial charge is 0.325 e. The Hall–Kier alpha value is -2.46. The minimum Gasteiger partial charge on any atom is -0.466 e. The summed E-state index contributed by atoms with van der Waals surface area (Å²) in [6.07, 6.45) is 1.65. The third-order valence-corrected chi connectivity index (χ3v) is 8.07. The van der Waals surface area contributed by atoms with Crippen LogP contribution in [0.3, 0.4) is 0 Å². The molecule has 2 aliphatic rings. The number of rotatable bonds is 7. The Morgan fingerprint density at radius 3 is 2.30 bits per heavy atom. The van der Waals surface area contributed by atoms with Crippen LogP contribution in [0.1, 0.15) is 46.0 Å². The zero-order valence-corrected chi connectivity index (χ0v) is 20.0. The maximum absolute atomic E-state index is 13.1. The van der Waals surface area contributed by atoms with Crippen LogP contribution in [0.5, 0.6) is 0 Å². The summed E-state index contributed by atoms with van der Waals surface area (Å²) in [6.45, 7) is 4.55. The van der Waals surface area contributed by atoms with Crippen molar-refractivity contribution in [2.24, 2.45) is 5.92 Å². The number of piperidine rings is 2. The van der Waals surface area contributed by atoms with E-state index < -0.39 is 28.1 Å². The van der Waals surface area contributed by atoms with E-state index in [9.17, 15) is 22.8 Å². The van der Waals surface area contributed by atoms with Crippen molar-refractivity contribution < 1.29 is 32.3 Å². The van der Waals surface area contributed by atoms with E-state index in [0.29, 0.717) is 51.8 Å². The number of esters is 2. The van der Waals surface area contributed by atoms with Gasteiger partial charge in [-0.05, 0) is 58.1 Å². The minimum atomic E-state index is -3.86. The van der Waals surface area contributed by atoms with Gasteiger partial charge in [0.25, 0.3) is 5.91 Å². The summed E-state index contributed by atoms with van der Waals surface area (Å²) in [4.78, 5) is 39.4. The van der Waals surface area contributed by atoms with Crippen LogP contribution in [0.15, 0.2) is 35.2 Å². The summed E-state index contributed by atoms with van der Waals surface area (Å²) in [5.41, 5.74) is 0. The van der Waals surface area contributed by atoms with Gasteiger partial charge in [-0.1, -0.05) is 18.2 Å². The van der Waals surface area contributed by atoms with Gasteiger partial charge in [0.2, 0.25) is 10.0 Å². The number of carbonyl (C=O) groups is 3. The maximum Gasteiger partial charge on any atom is 0.325 e. The normalized spacial score (nSPS) is 21.3. The zero-order chi connectivity index (χ0) is 24.0. The number of hydrogen-bond donors (Lipinski definition) is 0. The third-order valence-electron chi connectivity index (χ3n) is 6.14. The highest BCUT2D eigenvalue weighted by atomic mass is 32.2. The van der Waals surface area contributed by atoms with Crippen LogP contribution in [-0.2, 0) is 33.9 Å². The predicted octanol–water partition coefficient (Wildman–Crippen LogP) is 1.96. The van der Waals surface area contributed by atoms with Crippen molar-refractivity contribution in [3.05, 3.63) is 30.3 Å². The number of carbonyl (C=O) groups excluding carboxylic acids is 3. The molecule has 2 heterocycles. The van der Waals surface area contributed by atoms with Gasteiger partial charge in [0, 0.05) is 19.6 Å². The second kappa shape index (κ2) is 11.1. The highest BCUT2D eigenvalue weighted by Gasteiger charge is 2.40. The fourth-order valence-electron chi connectivity index (χ4n) is 4.31. The van der Waals surface area contributed by atoms with Gasteiger partial charge in [0.15, 0.2) is 6.10 Å². The lowest BCUT2D eigenvalue weighted by Crippen LogP contribution is -2.51. The molecule has 0 bridgehead atoms. The van der Waals surface area contributed by atoms with E-state index in [1.165, 1.54) is 23.4 Å². The Labute approximate surface area is 195 Å². The molecule has 0 unspecified atom stereocenters. The van der Waals surface area contributed by atoms with Gasteiger partial charge in [-0.15, -0.1) is 0 Å². The van der Waals surface area contributed by atoms with E-state index in [1.54, 1.807) is 30.0 Å². The molecule has 2 aliphatic heterocycles. The quantitative estimate of drug-likeness (QED) is 0.549. The van der Waals surface area contributed by atoms with E-state index in [2.05, 4.69) is 0 Å². The predicted molar refractivity (Wildman–Crippen MR) is 119 cm³/mol. The van der Waals surface area contributed by atoms with E-state index in [0.717, 1.165) is 0 Å². The molecule has 0 saturated carbocycles. The zero-order valence-electron chi connectivity index (χ0n) is 19.1. The number of hydrogen-bond acceptors (Lipinski definition) is 7. The molecule has 0 aliphatic carbocycles. The first-order valence-electron chi connectivity index (χ1n) is 11.5. The summed E-state index contributed by atoms with van der Waals surface area (Å²) >= 11 is 0. The number of nitrogens with zero attached hydrogens (tertiary/aromatic N) is 2. The van der Waals surface area contributed by atoms with Gasteiger partial charge in [0.05, 0.1) is 17.4 Å². The molecule has 0 spiro atoms. The molecule has 10 heteroatoms. The summed E-state index contributed by atoms with van der Waals surface area (Å²) in [7, 11) is -3.86. The molecule has 1 amide bonds. The molecule has 0 radical (unpaired) electrons. The van der Waals surface area contributed by atoms with Crippen molar-refractivity contribution in [1.82, 2.24) is 9.21 Å². The van der Waals surface area contributed by atoms with Crippen LogP contribution < -0.4 is 0 Å². The Balaban J connectivity index is 1.61. The first-order chi connectivity index (χ1) is 15.8. The van der Waals surface area contributed by atoms with E-state index in [-0.39, 0.29) is 29.2 Å². The van der Waals surface area contributed by atoms with Gasteiger partial charge >= 0.3 is 11.9 Å². The lowest BCUT2D eigenvalue weighted by Gasteiger charge is -2.35. The lowest BCUT2D eigenvalue weighted by atomic mass is 9.96.